The summed E-state index contributed by atoms with van der Waals surface area (Å²) in [5.74, 6) is 0. The third kappa shape index (κ3) is 3.51. The van der Waals surface area contributed by atoms with Crippen molar-refractivity contribution in [3.05, 3.63) is 28.2 Å². The highest BCUT2D eigenvalue weighted by Crippen LogP contribution is 2.27. The SMILES string of the molecule is COC1CCCCC1Nc1cc(Cl)cc(Cl)c1. The minimum Gasteiger partial charge on any atom is -0.380 e. The fraction of sp³-hybridized carbons (Fsp3) is 0.538. The molecule has 0 heterocycles. The molecule has 1 saturated carbocycles. The lowest BCUT2D eigenvalue weighted by atomic mass is 9.92. The lowest BCUT2D eigenvalue weighted by Crippen LogP contribution is -2.37. The van der Waals surface area contributed by atoms with Crippen LogP contribution in [0.3, 0.4) is 0 Å². The number of anilines is 1. The molecule has 94 valence electrons. The van der Waals surface area contributed by atoms with Crippen molar-refractivity contribution in [1.29, 1.82) is 0 Å². The molecular weight excluding hydrogens is 257 g/mol. The number of rotatable bonds is 3. The Labute approximate surface area is 112 Å². The number of benzene rings is 1. The molecule has 0 saturated heterocycles. The number of methoxy groups -OCH3 is 1. The average Bonchev–Trinajstić information content (AvgIpc) is 2.28. The Hall–Kier alpha value is -0.440. The van der Waals surface area contributed by atoms with E-state index in [2.05, 4.69) is 5.32 Å². The minimum atomic E-state index is 0.279. The molecule has 2 rings (SSSR count). The molecular formula is C13H17Cl2NO. The summed E-state index contributed by atoms with van der Waals surface area (Å²) in [7, 11) is 1.77. The Morgan fingerprint density at radius 2 is 1.76 bits per heavy atom. The van der Waals surface area contributed by atoms with Crippen LogP contribution in [0.15, 0.2) is 18.2 Å². The van der Waals surface area contributed by atoms with Gasteiger partial charge in [0.05, 0.1) is 12.1 Å². The molecule has 0 spiro atoms. The maximum Gasteiger partial charge on any atom is 0.0772 e. The molecule has 2 atom stereocenters. The maximum absolute atomic E-state index is 5.98. The zero-order valence-corrected chi connectivity index (χ0v) is 11.4. The molecule has 0 aliphatic heterocycles. The van der Waals surface area contributed by atoms with E-state index in [4.69, 9.17) is 27.9 Å². The fourth-order valence-electron chi connectivity index (χ4n) is 2.40. The van der Waals surface area contributed by atoms with Gasteiger partial charge in [-0.3, -0.25) is 0 Å². The summed E-state index contributed by atoms with van der Waals surface area (Å²) in [5.41, 5.74) is 0.969. The molecule has 0 aromatic heterocycles. The van der Waals surface area contributed by atoms with Crippen molar-refractivity contribution < 1.29 is 4.74 Å². The quantitative estimate of drug-likeness (QED) is 0.884. The van der Waals surface area contributed by atoms with Crippen molar-refractivity contribution in [2.24, 2.45) is 0 Å². The van der Waals surface area contributed by atoms with Crippen LogP contribution in [0.4, 0.5) is 5.69 Å². The van der Waals surface area contributed by atoms with Gasteiger partial charge in [0.15, 0.2) is 0 Å². The van der Waals surface area contributed by atoms with Crippen molar-refractivity contribution in [3.63, 3.8) is 0 Å². The molecule has 0 bridgehead atoms. The Morgan fingerprint density at radius 1 is 1.12 bits per heavy atom. The van der Waals surface area contributed by atoms with Gasteiger partial charge in [0, 0.05) is 22.8 Å². The van der Waals surface area contributed by atoms with Gasteiger partial charge in [-0.1, -0.05) is 36.0 Å². The highest BCUT2D eigenvalue weighted by molar-refractivity contribution is 6.35. The van der Waals surface area contributed by atoms with Crippen LogP contribution >= 0.6 is 23.2 Å². The van der Waals surface area contributed by atoms with E-state index in [1.807, 2.05) is 12.1 Å². The van der Waals surface area contributed by atoms with Gasteiger partial charge in [0.25, 0.3) is 0 Å². The zero-order valence-electron chi connectivity index (χ0n) is 9.88. The number of ether oxygens (including phenoxy) is 1. The lowest BCUT2D eigenvalue weighted by molar-refractivity contribution is 0.0606. The van der Waals surface area contributed by atoms with E-state index in [-0.39, 0.29) is 6.10 Å². The van der Waals surface area contributed by atoms with Gasteiger partial charge >= 0.3 is 0 Å². The second-order valence-corrected chi connectivity index (χ2v) is 5.34. The molecule has 1 aromatic carbocycles. The van der Waals surface area contributed by atoms with Gasteiger partial charge < -0.3 is 10.1 Å². The van der Waals surface area contributed by atoms with Crippen molar-refractivity contribution in [2.75, 3.05) is 12.4 Å². The third-order valence-corrected chi connectivity index (χ3v) is 3.66. The minimum absolute atomic E-state index is 0.279. The Balaban J connectivity index is 2.08. The molecule has 1 aromatic rings. The monoisotopic (exact) mass is 273 g/mol. The second kappa shape index (κ2) is 5.94. The van der Waals surface area contributed by atoms with Crippen LogP contribution in [0, 0.1) is 0 Å². The summed E-state index contributed by atoms with van der Waals surface area (Å²) in [5, 5.41) is 4.78. The fourth-order valence-corrected chi connectivity index (χ4v) is 2.92. The molecule has 1 fully saturated rings. The van der Waals surface area contributed by atoms with Gasteiger partial charge in [0.1, 0.15) is 0 Å². The van der Waals surface area contributed by atoms with Crippen LogP contribution in [-0.2, 0) is 4.74 Å². The molecule has 2 unspecified atom stereocenters. The summed E-state index contributed by atoms with van der Waals surface area (Å²) in [4.78, 5) is 0. The van der Waals surface area contributed by atoms with Crippen molar-refractivity contribution in [1.82, 2.24) is 0 Å². The predicted molar refractivity (Wildman–Crippen MR) is 73.1 cm³/mol. The van der Waals surface area contributed by atoms with Gasteiger partial charge in [-0.25, -0.2) is 0 Å². The molecule has 1 N–H and O–H groups in total. The first kappa shape index (κ1) is 13.0. The number of hydrogen-bond acceptors (Lipinski definition) is 2. The van der Waals surface area contributed by atoms with E-state index in [1.54, 1.807) is 13.2 Å². The summed E-state index contributed by atoms with van der Waals surface area (Å²) in [6.45, 7) is 0. The third-order valence-electron chi connectivity index (χ3n) is 3.22. The zero-order chi connectivity index (χ0) is 12.3. The molecule has 4 heteroatoms. The molecule has 0 amide bonds. The van der Waals surface area contributed by atoms with Crippen LogP contribution in [0.1, 0.15) is 25.7 Å². The van der Waals surface area contributed by atoms with E-state index in [9.17, 15) is 0 Å². The summed E-state index contributed by atoms with van der Waals surface area (Å²) >= 11 is 12.0. The van der Waals surface area contributed by atoms with Crippen LogP contribution in [0.25, 0.3) is 0 Å². The molecule has 1 aliphatic rings. The Kier molecular flexibility index (Phi) is 4.55. The molecule has 1 aliphatic carbocycles. The number of hydrogen-bond donors (Lipinski definition) is 1. The largest absolute Gasteiger partial charge is 0.380 e. The van der Waals surface area contributed by atoms with Gasteiger partial charge in [-0.15, -0.1) is 0 Å². The summed E-state index contributed by atoms with van der Waals surface area (Å²) < 4.78 is 5.51. The number of nitrogens with one attached hydrogen (secondary N) is 1. The predicted octanol–water partition coefficient (Wildman–Crippen LogP) is 4.36. The lowest BCUT2D eigenvalue weighted by Gasteiger charge is -2.31. The van der Waals surface area contributed by atoms with E-state index < -0.39 is 0 Å². The first-order chi connectivity index (χ1) is 8.19. The van der Waals surface area contributed by atoms with Crippen LogP contribution in [0.2, 0.25) is 10.0 Å². The smallest absolute Gasteiger partial charge is 0.0772 e. The van der Waals surface area contributed by atoms with Crippen LogP contribution in [-0.4, -0.2) is 19.3 Å². The van der Waals surface area contributed by atoms with Crippen LogP contribution < -0.4 is 5.32 Å². The topological polar surface area (TPSA) is 21.3 Å². The molecule has 0 radical (unpaired) electrons. The second-order valence-electron chi connectivity index (χ2n) is 4.47. The van der Waals surface area contributed by atoms with E-state index in [0.29, 0.717) is 16.1 Å². The summed E-state index contributed by atoms with van der Waals surface area (Å²) in [6, 6.07) is 5.88. The summed E-state index contributed by atoms with van der Waals surface area (Å²) in [6.07, 6.45) is 5.01. The standard InChI is InChI=1S/C13H17Cl2NO/c1-17-13-5-3-2-4-12(13)16-11-7-9(14)6-10(15)8-11/h6-8,12-13,16H,2-5H2,1H3. The highest BCUT2D eigenvalue weighted by atomic mass is 35.5. The van der Waals surface area contributed by atoms with E-state index in [1.165, 1.54) is 12.8 Å². The normalized spacial score (nSPS) is 24.6. The average molecular weight is 274 g/mol. The first-order valence-electron chi connectivity index (χ1n) is 5.94. The van der Waals surface area contributed by atoms with Gasteiger partial charge in [-0.05, 0) is 31.0 Å². The Morgan fingerprint density at radius 3 is 2.41 bits per heavy atom. The maximum atomic E-state index is 5.98. The first-order valence-corrected chi connectivity index (χ1v) is 6.70. The van der Waals surface area contributed by atoms with E-state index >= 15 is 0 Å². The Bertz CT molecular complexity index is 363. The van der Waals surface area contributed by atoms with Gasteiger partial charge in [0.2, 0.25) is 0 Å². The molecule has 2 nitrogen and oxygen atoms in total. The number of halogens is 2. The van der Waals surface area contributed by atoms with Crippen molar-refractivity contribution >= 4 is 28.9 Å². The highest BCUT2D eigenvalue weighted by Gasteiger charge is 2.24. The van der Waals surface area contributed by atoms with E-state index in [0.717, 1.165) is 18.5 Å². The van der Waals surface area contributed by atoms with Crippen LogP contribution in [0.5, 0.6) is 0 Å². The van der Waals surface area contributed by atoms with Crippen molar-refractivity contribution in [3.8, 4) is 0 Å². The van der Waals surface area contributed by atoms with Gasteiger partial charge in [-0.2, -0.15) is 0 Å². The molecule has 17 heavy (non-hydrogen) atoms. The van der Waals surface area contributed by atoms with Crippen molar-refractivity contribution in [2.45, 2.75) is 37.8 Å².